The lowest BCUT2D eigenvalue weighted by atomic mass is 10.2. The maximum atomic E-state index is 10.7. The Labute approximate surface area is 131 Å². The fourth-order valence-electron chi connectivity index (χ4n) is 2.00. The number of benzene rings is 1. The predicted octanol–water partition coefficient (Wildman–Crippen LogP) is 3.26. The second-order valence-corrected chi connectivity index (χ2v) is 5.66. The van der Waals surface area contributed by atoms with Gasteiger partial charge < -0.3 is 5.11 Å². The van der Waals surface area contributed by atoms with Crippen LogP contribution in [0, 0.1) is 0 Å². The standard InChI is InChI=1S/C16H13N3O2S/c20-14(21)8-10-22-16-11-5-1-2-6-12(11)18-15(19-16)13-7-3-4-9-17-13/h1-7,9H,8,10H2,(H,20,21). The third-order valence-corrected chi connectivity index (χ3v) is 4.01. The van der Waals surface area contributed by atoms with Crippen molar-refractivity contribution in [2.75, 3.05) is 5.75 Å². The number of carboxylic acid groups (broad SMARTS) is 1. The average Bonchev–Trinajstić information content (AvgIpc) is 2.55. The van der Waals surface area contributed by atoms with E-state index in [9.17, 15) is 4.79 Å². The maximum absolute atomic E-state index is 10.7. The topological polar surface area (TPSA) is 76.0 Å². The first-order chi connectivity index (χ1) is 10.7. The zero-order chi connectivity index (χ0) is 15.4. The summed E-state index contributed by atoms with van der Waals surface area (Å²) < 4.78 is 0. The Balaban J connectivity index is 2.02. The highest BCUT2D eigenvalue weighted by Gasteiger charge is 2.10. The number of nitrogens with zero attached hydrogens (tertiary/aromatic N) is 3. The lowest BCUT2D eigenvalue weighted by molar-refractivity contribution is -0.136. The van der Waals surface area contributed by atoms with Crippen molar-refractivity contribution in [3.8, 4) is 11.5 Å². The van der Waals surface area contributed by atoms with Gasteiger partial charge in [-0.05, 0) is 18.2 Å². The molecule has 3 aromatic rings. The summed E-state index contributed by atoms with van der Waals surface area (Å²) in [5.41, 5.74) is 1.53. The van der Waals surface area contributed by atoms with E-state index in [0.717, 1.165) is 15.9 Å². The largest absolute Gasteiger partial charge is 0.481 e. The lowest BCUT2D eigenvalue weighted by Gasteiger charge is -2.07. The highest BCUT2D eigenvalue weighted by Crippen LogP contribution is 2.28. The van der Waals surface area contributed by atoms with Gasteiger partial charge in [0.25, 0.3) is 0 Å². The molecule has 1 aromatic carbocycles. The molecule has 2 aromatic heterocycles. The summed E-state index contributed by atoms with van der Waals surface area (Å²) in [6, 6.07) is 13.3. The fourth-order valence-corrected chi connectivity index (χ4v) is 2.95. The van der Waals surface area contributed by atoms with E-state index in [2.05, 4.69) is 15.0 Å². The molecule has 0 unspecified atom stereocenters. The first-order valence-electron chi connectivity index (χ1n) is 6.77. The van der Waals surface area contributed by atoms with Crippen LogP contribution in [0.3, 0.4) is 0 Å². The number of thioether (sulfide) groups is 1. The number of aromatic nitrogens is 3. The summed E-state index contributed by atoms with van der Waals surface area (Å²) in [7, 11) is 0. The molecule has 3 rings (SSSR count). The average molecular weight is 311 g/mol. The minimum Gasteiger partial charge on any atom is -0.481 e. The highest BCUT2D eigenvalue weighted by atomic mass is 32.2. The van der Waals surface area contributed by atoms with Gasteiger partial charge in [0.2, 0.25) is 0 Å². The summed E-state index contributed by atoms with van der Waals surface area (Å²) in [6.45, 7) is 0. The van der Waals surface area contributed by atoms with Crippen molar-refractivity contribution in [3.63, 3.8) is 0 Å². The van der Waals surface area contributed by atoms with E-state index < -0.39 is 5.97 Å². The number of carbonyl (C=O) groups is 1. The van der Waals surface area contributed by atoms with Crippen molar-refractivity contribution in [1.29, 1.82) is 0 Å². The van der Waals surface area contributed by atoms with Crippen LogP contribution in [0.4, 0.5) is 0 Å². The number of hydrogen-bond acceptors (Lipinski definition) is 5. The predicted molar refractivity (Wildman–Crippen MR) is 85.7 cm³/mol. The van der Waals surface area contributed by atoms with Crippen molar-refractivity contribution < 1.29 is 9.90 Å². The molecule has 5 nitrogen and oxygen atoms in total. The van der Waals surface area contributed by atoms with Gasteiger partial charge in [0.15, 0.2) is 5.82 Å². The second-order valence-electron chi connectivity index (χ2n) is 4.58. The summed E-state index contributed by atoms with van der Waals surface area (Å²) in [6.07, 6.45) is 1.80. The van der Waals surface area contributed by atoms with Crippen LogP contribution in [0.2, 0.25) is 0 Å². The van der Waals surface area contributed by atoms with E-state index in [1.54, 1.807) is 6.20 Å². The third-order valence-electron chi connectivity index (χ3n) is 3.02. The molecule has 6 heteroatoms. The quantitative estimate of drug-likeness (QED) is 0.576. The Morgan fingerprint density at radius 3 is 2.68 bits per heavy atom. The van der Waals surface area contributed by atoms with Crippen molar-refractivity contribution in [2.45, 2.75) is 11.4 Å². The van der Waals surface area contributed by atoms with E-state index in [0.29, 0.717) is 17.3 Å². The number of carboxylic acids is 1. The number of aliphatic carboxylic acids is 1. The Morgan fingerprint density at radius 2 is 1.91 bits per heavy atom. The van der Waals surface area contributed by atoms with E-state index in [4.69, 9.17) is 5.11 Å². The van der Waals surface area contributed by atoms with Gasteiger partial charge in [0.1, 0.15) is 10.7 Å². The number of fused-ring (bicyclic) bond motifs is 1. The van der Waals surface area contributed by atoms with Crippen molar-refractivity contribution in [1.82, 2.24) is 15.0 Å². The third kappa shape index (κ3) is 3.23. The van der Waals surface area contributed by atoms with Gasteiger partial charge in [-0.3, -0.25) is 9.78 Å². The molecular weight excluding hydrogens is 298 g/mol. The Morgan fingerprint density at radius 1 is 1.09 bits per heavy atom. The fraction of sp³-hybridized carbons (Fsp3) is 0.125. The van der Waals surface area contributed by atoms with Crippen LogP contribution >= 0.6 is 11.8 Å². The smallest absolute Gasteiger partial charge is 0.304 e. The second kappa shape index (κ2) is 6.53. The molecule has 0 radical (unpaired) electrons. The van der Waals surface area contributed by atoms with Gasteiger partial charge in [0.05, 0.1) is 11.9 Å². The zero-order valence-electron chi connectivity index (χ0n) is 11.6. The SMILES string of the molecule is O=C(O)CCSc1nc(-c2ccccn2)nc2ccccc12. The summed E-state index contributed by atoms with van der Waals surface area (Å²) >= 11 is 1.43. The first kappa shape index (κ1) is 14.5. The van der Waals surface area contributed by atoms with Crippen LogP contribution in [0.5, 0.6) is 0 Å². The van der Waals surface area contributed by atoms with E-state index in [-0.39, 0.29) is 6.42 Å². The molecule has 0 amide bonds. The van der Waals surface area contributed by atoms with E-state index in [1.807, 2.05) is 42.5 Å². The van der Waals surface area contributed by atoms with E-state index in [1.165, 1.54) is 11.8 Å². The van der Waals surface area contributed by atoms with Gasteiger partial charge in [-0.15, -0.1) is 11.8 Å². The van der Waals surface area contributed by atoms with Gasteiger partial charge >= 0.3 is 5.97 Å². The first-order valence-corrected chi connectivity index (χ1v) is 7.75. The Hall–Kier alpha value is -2.47. The van der Waals surface area contributed by atoms with Gasteiger partial charge in [-0.1, -0.05) is 24.3 Å². The molecule has 0 saturated carbocycles. The lowest BCUT2D eigenvalue weighted by Crippen LogP contribution is -1.98. The minimum atomic E-state index is -0.809. The van der Waals surface area contributed by atoms with Crippen LogP contribution in [0.15, 0.2) is 53.7 Å². The molecule has 0 saturated heterocycles. The molecule has 0 spiro atoms. The molecule has 0 aliphatic rings. The minimum absolute atomic E-state index is 0.0991. The van der Waals surface area contributed by atoms with Crippen LogP contribution in [0.25, 0.3) is 22.4 Å². The van der Waals surface area contributed by atoms with Crippen LogP contribution in [-0.2, 0) is 4.79 Å². The molecule has 110 valence electrons. The Bertz CT molecular complexity index is 809. The maximum Gasteiger partial charge on any atom is 0.304 e. The van der Waals surface area contributed by atoms with Crippen molar-refractivity contribution in [2.24, 2.45) is 0 Å². The summed E-state index contributed by atoms with van der Waals surface area (Å²) in [4.78, 5) is 24.1. The number of para-hydroxylation sites is 1. The zero-order valence-corrected chi connectivity index (χ0v) is 12.5. The number of rotatable bonds is 5. The highest BCUT2D eigenvalue weighted by molar-refractivity contribution is 7.99. The van der Waals surface area contributed by atoms with Gasteiger partial charge in [0, 0.05) is 17.3 Å². The van der Waals surface area contributed by atoms with Crippen LogP contribution in [-0.4, -0.2) is 31.8 Å². The molecule has 0 fully saturated rings. The van der Waals surface area contributed by atoms with Gasteiger partial charge in [-0.2, -0.15) is 0 Å². The monoisotopic (exact) mass is 311 g/mol. The normalized spacial score (nSPS) is 10.7. The molecule has 2 heterocycles. The van der Waals surface area contributed by atoms with Crippen LogP contribution in [0.1, 0.15) is 6.42 Å². The number of hydrogen-bond donors (Lipinski definition) is 1. The summed E-state index contributed by atoms with van der Waals surface area (Å²) in [5, 5.41) is 10.5. The van der Waals surface area contributed by atoms with Crippen molar-refractivity contribution >= 4 is 28.6 Å². The van der Waals surface area contributed by atoms with Gasteiger partial charge in [-0.25, -0.2) is 9.97 Å². The van der Waals surface area contributed by atoms with Crippen molar-refractivity contribution in [3.05, 3.63) is 48.7 Å². The molecule has 0 atom stereocenters. The molecule has 0 aliphatic heterocycles. The molecule has 0 bridgehead atoms. The molecule has 0 aliphatic carbocycles. The van der Waals surface area contributed by atoms with E-state index >= 15 is 0 Å². The van der Waals surface area contributed by atoms with Crippen LogP contribution < -0.4 is 0 Å². The molecule has 1 N–H and O–H groups in total. The molecular formula is C16H13N3O2S. The summed E-state index contributed by atoms with van der Waals surface area (Å²) in [5.74, 6) is 0.214. The number of pyridine rings is 1. The molecule has 22 heavy (non-hydrogen) atoms. The Kier molecular flexibility index (Phi) is 4.29.